The molecule has 2 rings (SSSR count). The van der Waals surface area contributed by atoms with Gasteiger partial charge in [0.05, 0.1) is 23.2 Å². The highest BCUT2D eigenvalue weighted by molar-refractivity contribution is 7.89. The zero-order valence-corrected chi connectivity index (χ0v) is 11.4. The molecule has 106 valence electrons. The minimum Gasteiger partial charge on any atom is -0.396 e. The summed E-state index contributed by atoms with van der Waals surface area (Å²) >= 11 is 0. The Balaban J connectivity index is 2.39. The van der Waals surface area contributed by atoms with E-state index in [0.29, 0.717) is 13.0 Å². The van der Waals surface area contributed by atoms with Gasteiger partial charge in [-0.3, -0.25) is 0 Å². The first-order valence-electron chi connectivity index (χ1n) is 6.05. The molecule has 1 aromatic rings. The lowest BCUT2D eigenvalue weighted by atomic mass is 10.0. The van der Waals surface area contributed by atoms with Crippen LogP contribution in [0.5, 0.6) is 0 Å². The number of hydrogen-bond acceptors (Lipinski definition) is 4. The molecule has 0 aliphatic carbocycles. The zero-order valence-electron chi connectivity index (χ0n) is 10.6. The smallest absolute Gasteiger partial charge is 0.243 e. The maximum atomic E-state index is 13.1. The van der Waals surface area contributed by atoms with Crippen molar-refractivity contribution in [1.82, 2.24) is 4.31 Å². The van der Waals surface area contributed by atoms with Crippen molar-refractivity contribution in [2.24, 2.45) is 5.92 Å². The number of sulfonamides is 1. The largest absolute Gasteiger partial charge is 0.396 e. The van der Waals surface area contributed by atoms with Crippen LogP contribution >= 0.6 is 0 Å². The summed E-state index contributed by atoms with van der Waals surface area (Å²) in [7, 11) is -3.75. The Bertz CT molecular complexity index is 576. The molecule has 2 unspecified atom stereocenters. The van der Waals surface area contributed by atoms with Crippen molar-refractivity contribution in [3.8, 4) is 0 Å². The van der Waals surface area contributed by atoms with Crippen LogP contribution in [0.4, 0.5) is 10.1 Å². The van der Waals surface area contributed by atoms with Crippen molar-refractivity contribution < 1.29 is 17.9 Å². The fourth-order valence-electron chi connectivity index (χ4n) is 2.36. The molecule has 1 fully saturated rings. The molecule has 0 saturated carbocycles. The van der Waals surface area contributed by atoms with Crippen LogP contribution in [0.3, 0.4) is 0 Å². The molecule has 0 spiro atoms. The van der Waals surface area contributed by atoms with Crippen LogP contribution < -0.4 is 5.73 Å². The molecular weight excluding hydrogens is 271 g/mol. The van der Waals surface area contributed by atoms with Crippen LogP contribution in [0.15, 0.2) is 23.1 Å². The number of aliphatic hydroxyl groups is 1. The predicted octanol–water partition coefficient (Wildman–Crippen LogP) is 0.799. The van der Waals surface area contributed by atoms with Crippen LogP contribution in [0.25, 0.3) is 0 Å². The molecule has 5 nitrogen and oxygen atoms in total. The van der Waals surface area contributed by atoms with Crippen molar-refractivity contribution in [3.05, 3.63) is 24.0 Å². The van der Waals surface area contributed by atoms with Crippen LogP contribution in [0.2, 0.25) is 0 Å². The van der Waals surface area contributed by atoms with Gasteiger partial charge in [0.1, 0.15) is 5.82 Å². The van der Waals surface area contributed by atoms with Gasteiger partial charge in [0, 0.05) is 6.54 Å². The summed E-state index contributed by atoms with van der Waals surface area (Å²) in [5, 5.41) is 9.32. The molecule has 1 saturated heterocycles. The third-order valence-corrected chi connectivity index (χ3v) is 5.51. The first-order chi connectivity index (χ1) is 8.87. The fraction of sp³-hybridized carbons (Fsp3) is 0.500. The van der Waals surface area contributed by atoms with E-state index < -0.39 is 21.9 Å². The number of hydrogen-bond donors (Lipinski definition) is 2. The van der Waals surface area contributed by atoms with Crippen LogP contribution in [0.1, 0.15) is 13.3 Å². The van der Waals surface area contributed by atoms with E-state index in [1.807, 2.05) is 6.92 Å². The summed E-state index contributed by atoms with van der Waals surface area (Å²) in [6.45, 7) is 2.03. The summed E-state index contributed by atoms with van der Waals surface area (Å²) in [5.41, 5.74) is 5.20. The van der Waals surface area contributed by atoms with Crippen LogP contribution in [-0.4, -0.2) is 37.0 Å². The maximum absolute atomic E-state index is 13.1. The van der Waals surface area contributed by atoms with E-state index in [-0.39, 0.29) is 23.1 Å². The second-order valence-electron chi connectivity index (χ2n) is 4.81. The van der Waals surface area contributed by atoms with Crippen LogP contribution in [0, 0.1) is 11.7 Å². The standard InChI is InChI=1S/C12H17FN2O3S/c1-8-4-5-15(12(8)7-16)19(17,18)9-2-3-10(13)11(14)6-9/h2-3,6,8,12,16H,4-5,7,14H2,1H3. The van der Waals surface area contributed by atoms with Gasteiger partial charge >= 0.3 is 0 Å². The van der Waals surface area contributed by atoms with E-state index in [4.69, 9.17) is 5.73 Å². The van der Waals surface area contributed by atoms with Gasteiger partial charge in [-0.1, -0.05) is 6.92 Å². The minimum atomic E-state index is -3.75. The second-order valence-corrected chi connectivity index (χ2v) is 6.71. The van der Waals surface area contributed by atoms with Crippen molar-refractivity contribution in [3.63, 3.8) is 0 Å². The molecule has 1 aliphatic heterocycles. The van der Waals surface area contributed by atoms with Gasteiger partial charge in [-0.05, 0) is 30.5 Å². The van der Waals surface area contributed by atoms with Crippen LogP contribution in [-0.2, 0) is 10.0 Å². The third kappa shape index (κ3) is 2.45. The first kappa shape index (κ1) is 14.2. The lowest BCUT2D eigenvalue weighted by molar-refractivity contribution is 0.191. The Labute approximate surface area is 111 Å². The molecule has 1 aliphatic rings. The number of rotatable bonds is 3. The van der Waals surface area contributed by atoms with Gasteiger partial charge < -0.3 is 10.8 Å². The Morgan fingerprint density at radius 1 is 1.53 bits per heavy atom. The summed E-state index contributed by atoms with van der Waals surface area (Å²) in [6, 6.07) is 2.91. The first-order valence-corrected chi connectivity index (χ1v) is 7.49. The van der Waals surface area contributed by atoms with E-state index in [2.05, 4.69) is 0 Å². The fourth-order valence-corrected chi connectivity index (χ4v) is 4.12. The Kier molecular flexibility index (Phi) is 3.80. The number of halogens is 1. The van der Waals surface area contributed by atoms with E-state index >= 15 is 0 Å². The quantitative estimate of drug-likeness (QED) is 0.806. The average molecular weight is 288 g/mol. The zero-order chi connectivity index (χ0) is 14.2. The summed E-state index contributed by atoms with van der Waals surface area (Å²) in [4.78, 5) is -0.0426. The molecule has 0 amide bonds. The van der Waals surface area contributed by atoms with Gasteiger partial charge in [-0.2, -0.15) is 4.31 Å². The molecule has 0 bridgehead atoms. The Morgan fingerprint density at radius 3 is 2.79 bits per heavy atom. The van der Waals surface area contributed by atoms with Crippen molar-refractivity contribution >= 4 is 15.7 Å². The highest BCUT2D eigenvalue weighted by Crippen LogP contribution is 2.30. The maximum Gasteiger partial charge on any atom is 0.243 e. The number of benzene rings is 1. The van der Waals surface area contributed by atoms with E-state index in [1.54, 1.807) is 0 Å². The Morgan fingerprint density at radius 2 is 2.21 bits per heavy atom. The molecular formula is C12H17FN2O3S. The SMILES string of the molecule is CC1CCN(S(=O)(=O)c2ccc(F)c(N)c2)C1CO. The monoisotopic (exact) mass is 288 g/mol. The van der Waals surface area contributed by atoms with Gasteiger partial charge in [0.2, 0.25) is 10.0 Å². The number of nitrogens with two attached hydrogens (primary N) is 1. The molecule has 1 heterocycles. The molecule has 2 atom stereocenters. The van der Waals surface area contributed by atoms with E-state index in [1.165, 1.54) is 10.4 Å². The van der Waals surface area contributed by atoms with Crippen molar-refractivity contribution in [2.75, 3.05) is 18.9 Å². The van der Waals surface area contributed by atoms with Gasteiger partial charge in [0.15, 0.2) is 0 Å². The summed E-state index contributed by atoms with van der Waals surface area (Å²) in [5.74, 6) is -0.551. The van der Waals surface area contributed by atoms with Crippen molar-refractivity contribution in [2.45, 2.75) is 24.3 Å². The third-order valence-electron chi connectivity index (χ3n) is 3.59. The highest BCUT2D eigenvalue weighted by Gasteiger charge is 2.39. The predicted molar refractivity (Wildman–Crippen MR) is 69.4 cm³/mol. The minimum absolute atomic E-state index is 0.0426. The summed E-state index contributed by atoms with van der Waals surface area (Å²) < 4.78 is 39.3. The second kappa shape index (κ2) is 5.07. The van der Waals surface area contributed by atoms with Gasteiger partial charge in [0.25, 0.3) is 0 Å². The Hall–Kier alpha value is -1.18. The molecule has 0 aromatic heterocycles. The van der Waals surface area contributed by atoms with Gasteiger partial charge in [-0.25, -0.2) is 12.8 Å². The van der Waals surface area contributed by atoms with Gasteiger partial charge in [-0.15, -0.1) is 0 Å². The molecule has 1 aromatic carbocycles. The number of aliphatic hydroxyl groups excluding tert-OH is 1. The molecule has 19 heavy (non-hydrogen) atoms. The lowest BCUT2D eigenvalue weighted by Crippen LogP contribution is -2.39. The number of anilines is 1. The normalized spacial score (nSPS) is 24.8. The number of nitrogens with zero attached hydrogens (tertiary/aromatic N) is 1. The summed E-state index contributed by atoms with van der Waals surface area (Å²) in [6.07, 6.45) is 0.696. The van der Waals surface area contributed by atoms with Crippen molar-refractivity contribution in [1.29, 1.82) is 0 Å². The lowest BCUT2D eigenvalue weighted by Gasteiger charge is -2.24. The molecule has 3 N–H and O–H groups in total. The number of nitrogen functional groups attached to an aromatic ring is 1. The van der Waals surface area contributed by atoms with E-state index in [9.17, 15) is 17.9 Å². The molecule has 0 radical (unpaired) electrons. The molecule has 7 heteroatoms. The highest BCUT2D eigenvalue weighted by atomic mass is 32.2. The topological polar surface area (TPSA) is 83.6 Å². The van der Waals surface area contributed by atoms with E-state index in [0.717, 1.165) is 12.1 Å². The average Bonchev–Trinajstić information content (AvgIpc) is 2.74.